The number of hydrogen-bond acceptors (Lipinski definition) is 4. The maximum absolute atomic E-state index is 13.1. The molecule has 1 unspecified atom stereocenters. The Kier molecular flexibility index (Phi) is 8.18. The second-order valence-corrected chi connectivity index (χ2v) is 7.55. The van der Waals surface area contributed by atoms with Gasteiger partial charge in [-0.25, -0.2) is 0 Å². The van der Waals surface area contributed by atoms with Crippen LogP contribution in [0.5, 0.6) is 0 Å². The van der Waals surface area contributed by atoms with E-state index in [4.69, 9.17) is 4.74 Å². The van der Waals surface area contributed by atoms with E-state index < -0.39 is 23.9 Å². The number of rotatable bonds is 10. The lowest BCUT2D eigenvalue weighted by atomic mass is 10.1. The van der Waals surface area contributed by atoms with Crippen molar-refractivity contribution in [1.29, 1.82) is 0 Å². The smallest absolute Gasteiger partial charge is 0.253 e. The van der Waals surface area contributed by atoms with Gasteiger partial charge in [-0.1, -0.05) is 74.0 Å². The van der Waals surface area contributed by atoms with Crippen molar-refractivity contribution in [3.63, 3.8) is 0 Å². The molecule has 2 aromatic carbocycles. The van der Waals surface area contributed by atoms with Gasteiger partial charge < -0.3 is 20.3 Å². The van der Waals surface area contributed by atoms with Crippen LogP contribution in [0.3, 0.4) is 0 Å². The van der Waals surface area contributed by atoms with E-state index in [2.05, 4.69) is 10.6 Å². The fourth-order valence-corrected chi connectivity index (χ4v) is 3.47. The summed E-state index contributed by atoms with van der Waals surface area (Å²) in [5.41, 5.74) is 1.91. The maximum Gasteiger partial charge on any atom is 0.253 e. The van der Waals surface area contributed by atoms with Crippen LogP contribution in [0.25, 0.3) is 0 Å². The topological polar surface area (TPSA) is 87.7 Å². The lowest BCUT2D eigenvalue weighted by Crippen LogP contribution is -2.68. The van der Waals surface area contributed by atoms with Gasteiger partial charge in [0.05, 0.1) is 13.2 Å². The number of carbonyl (C=O) groups is 3. The van der Waals surface area contributed by atoms with Gasteiger partial charge in [0, 0.05) is 13.1 Å². The summed E-state index contributed by atoms with van der Waals surface area (Å²) < 4.78 is 5.67. The zero-order chi connectivity index (χ0) is 22.1. The second kappa shape index (κ2) is 11.3. The standard InChI is InChI=1S/C24H29N3O4/c1-2-3-14-27-21(22(28)25-15-18-10-6-4-7-11-18)23(29)26-20(24(27)30)17-31-16-19-12-8-5-9-13-19/h4-13,20-21H,2-3,14-17H2,1H3,(H,25,28)(H,26,29)/t20-,21?/m0/s1. The molecule has 3 rings (SSSR count). The largest absolute Gasteiger partial charge is 0.374 e. The summed E-state index contributed by atoms with van der Waals surface area (Å²) in [6.45, 7) is 3.04. The van der Waals surface area contributed by atoms with Crippen LogP contribution >= 0.6 is 0 Å². The summed E-state index contributed by atoms with van der Waals surface area (Å²) in [6, 6.07) is 17.1. The molecule has 164 valence electrons. The minimum Gasteiger partial charge on any atom is -0.374 e. The Morgan fingerprint density at radius 1 is 1.03 bits per heavy atom. The minimum atomic E-state index is -1.17. The van der Waals surface area contributed by atoms with Crippen molar-refractivity contribution in [3.8, 4) is 0 Å². The quantitative estimate of drug-likeness (QED) is 0.573. The Labute approximate surface area is 182 Å². The highest BCUT2D eigenvalue weighted by Crippen LogP contribution is 2.14. The van der Waals surface area contributed by atoms with Gasteiger partial charge in [0.1, 0.15) is 6.04 Å². The first kappa shape index (κ1) is 22.5. The average Bonchev–Trinajstić information content (AvgIpc) is 2.80. The van der Waals surface area contributed by atoms with Crippen molar-refractivity contribution >= 4 is 17.7 Å². The summed E-state index contributed by atoms with van der Waals surface area (Å²) in [5.74, 6) is -1.25. The highest BCUT2D eigenvalue weighted by molar-refractivity contribution is 6.10. The molecular weight excluding hydrogens is 394 g/mol. The molecule has 2 aromatic rings. The molecule has 0 saturated carbocycles. The Balaban J connectivity index is 1.62. The van der Waals surface area contributed by atoms with Crippen LogP contribution in [-0.4, -0.2) is 47.9 Å². The van der Waals surface area contributed by atoms with Crippen LogP contribution < -0.4 is 10.6 Å². The van der Waals surface area contributed by atoms with Gasteiger partial charge in [-0.15, -0.1) is 0 Å². The van der Waals surface area contributed by atoms with E-state index in [1.807, 2.05) is 67.6 Å². The van der Waals surface area contributed by atoms with Gasteiger partial charge in [-0.05, 0) is 17.5 Å². The molecule has 2 atom stereocenters. The van der Waals surface area contributed by atoms with Crippen LogP contribution in [0.1, 0.15) is 30.9 Å². The first-order valence-corrected chi connectivity index (χ1v) is 10.6. The minimum absolute atomic E-state index is 0.0560. The van der Waals surface area contributed by atoms with Crippen molar-refractivity contribution < 1.29 is 19.1 Å². The fourth-order valence-electron chi connectivity index (χ4n) is 3.47. The predicted octanol–water partition coefficient (Wildman–Crippen LogP) is 2.02. The molecule has 1 aliphatic heterocycles. The summed E-state index contributed by atoms with van der Waals surface area (Å²) in [7, 11) is 0. The molecule has 0 spiro atoms. The van der Waals surface area contributed by atoms with E-state index in [0.29, 0.717) is 26.1 Å². The molecule has 31 heavy (non-hydrogen) atoms. The zero-order valence-electron chi connectivity index (χ0n) is 17.8. The molecular formula is C24H29N3O4. The van der Waals surface area contributed by atoms with Gasteiger partial charge in [0.2, 0.25) is 5.91 Å². The number of nitrogens with one attached hydrogen (secondary N) is 2. The zero-order valence-corrected chi connectivity index (χ0v) is 17.8. The van der Waals surface area contributed by atoms with Crippen LogP contribution in [0, 0.1) is 0 Å². The van der Waals surface area contributed by atoms with Crippen LogP contribution in [-0.2, 0) is 32.3 Å². The van der Waals surface area contributed by atoms with Crippen LogP contribution in [0.4, 0.5) is 0 Å². The maximum atomic E-state index is 13.1. The third-order valence-corrected chi connectivity index (χ3v) is 5.16. The number of benzene rings is 2. The molecule has 3 amide bonds. The number of carbonyl (C=O) groups excluding carboxylic acids is 3. The Hall–Kier alpha value is -3.19. The van der Waals surface area contributed by atoms with Crippen molar-refractivity contribution in [2.75, 3.05) is 13.2 Å². The molecule has 1 fully saturated rings. The van der Waals surface area contributed by atoms with E-state index >= 15 is 0 Å². The number of hydrogen-bond donors (Lipinski definition) is 2. The number of nitrogens with zero attached hydrogens (tertiary/aromatic N) is 1. The average molecular weight is 424 g/mol. The van der Waals surface area contributed by atoms with E-state index in [1.165, 1.54) is 4.90 Å². The molecule has 1 aliphatic rings. The molecule has 1 saturated heterocycles. The molecule has 2 N–H and O–H groups in total. The van der Waals surface area contributed by atoms with Crippen molar-refractivity contribution in [2.24, 2.45) is 0 Å². The van der Waals surface area contributed by atoms with Gasteiger partial charge >= 0.3 is 0 Å². The Bertz CT molecular complexity index is 873. The molecule has 0 aliphatic carbocycles. The SMILES string of the molecule is CCCCN1C(=O)[C@H](COCc2ccccc2)NC(=O)C1C(=O)NCc1ccccc1. The Morgan fingerprint density at radius 2 is 1.68 bits per heavy atom. The monoisotopic (exact) mass is 423 g/mol. The van der Waals surface area contributed by atoms with Gasteiger partial charge in [0.15, 0.2) is 6.04 Å². The van der Waals surface area contributed by atoms with Crippen molar-refractivity contribution in [2.45, 2.75) is 45.0 Å². The first-order chi connectivity index (χ1) is 15.1. The van der Waals surface area contributed by atoms with Gasteiger partial charge in [-0.2, -0.15) is 0 Å². The molecule has 0 bridgehead atoms. The van der Waals surface area contributed by atoms with E-state index in [0.717, 1.165) is 17.5 Å². The summed E-state index contributed by atoms with van der Waals surface area (Å²) in [6.07, 6.45) is 1.55. The molecule has 0 radical (unpaired) electrons. The lowest BCUT2D eigenvalue weighted by Gasteiger charge is -2.38. The first-order valence-electron chi connectivity index (χ1n) is 10.6. The van der Waals surface area contributed by atoms with Crippen LogP contribution in [0.2, 0.25) is 0 Å². The van der Waals surface area contributed by atoms with Gasteiger partial charge in [-0.3, -0.25) is 14.4 Å². The number of unbranched alkanes of at least 4 members (excludes halogenated alkanes) is 1. The number of piperazine rings is 1. The summed E-state index contributed by atoms with van der Waals surface area (Å²) in [5, 5.41) is 5.45. The highest BCUT2D eigenvalue weighted by Gasteiger charge is 2.44. The molecule has 7 heteroatoms. The van der Waals surface area contributed by atoms with Crippen molar-refractivity contribution in [1.82, 2.24) is 15.5 Å². The second-order valence-electron chi connectivity index (χ2n) is 7.55. The van der Waals surface area contributed by atoms with Crippen LogP contribution in [0.15, 0.2) is 60.7 Å². The lowest BCUT2D eigenvalue weighted by molar-refractivity contribution is -0.156. The Morgan fingerprint density at radius 3 is 2.32 bits per heavy atom. The van der Waals surface area contributed by atoms with E-state index in [1.54, 1.807) is 0 Å². The number of amides is 3. The normalized spacial score (nSPS) is 18.5. The third-order valence-electron chi connectivity index (χ3n) is 5.16. The molecule has 0 aromatic heterocycles. The third kappa shape index (κ3) is 6.15. The van der Waals surface area contributed by atoms with E-state index in [-0.39, 0.29) is 12.5 Å². The molecule has 1 heterocycles. The molecule has 7 nitrogen and oxygen atoms in total. The van der Waals surface area contributed by atoms with Gasteiger partial charge in [0.25, 0.3) is 11.8 Å². The number of ether oxygens (including phenoxy) is 1. The highest BCUT2D eigenvalue weighted by atomic mass is 16.5. The van der Waals surface area contributed by atoms with E-state index in [9.17, 15) is 14.4 Å². The summed E-state index contributed by atoms with van der Waals surface area (Å²) >= 11 is 0. The predicted molar refractivity (Wildman–Crippen MR) is 117 cm³/mol. The summed E-state index contributed by atoms with van der Waals surface area (Å²) in [4.78, 5) is 40.0. The fraction of sp³-hybridized carbons (Fsp3) is 0.375. The van der Waals surface area contributed by atoms with Crippen molar-refractivity contribution in [3.05, 3.63) is 71.8 Å².